The highest BCUT2D eigenvalue weighted by Gasteiger charge is 2.31. The molecule has 0 aliphatic heterocycles. The number of benzene rings is 4. The first-order chi connectivity index (χ1) is 19.2. The maximum Gasteiger partial charge on any atom is 0.416 e. The topological polar surface area (TPSA) is 75.6 Å². The summed E-state index contributed by atoms with van der Waals surface area (Å²) in [4.78, 5) is 25.1. The Balaban J connectivity index is 1.60. The quantitative estimate of drug-likeness (QED) is 0.220. The number of fused-ring (bicyclic) bond motifs is 1. The minimum Gasteiger partial charge on any atom is -0.487 e. The fourth-order valence-corrected chi connectivity index (χ4v) is 4.05. The van der Waals surface area contributed by atoms with Crippen molar-refractivity contribution < 1.29 is 50.2 Å². The molecule has 5 nitrogen and oxygen atoms in total. The lowest BCUT2D eigenvalue weighted by molar-refractivity contribution is -0.139. The van der Waals surface area contributed by atoms with Crippen molar-refractivity contribution in [1.82, 2.24) is 5.32 Å². The summed E-state index contributed by atoms with van der Waals surface area (Å²) in [7, 11) is 0. The maximum absolute atomic E-state index is 13.8. The number of amides is 1. The highest BCUT2D eigenvalue weighted by atomic mass is 19.4. The van der Waals surface area contributed by atoms with Gasteiger partial charge >= 0.3 is 18.3 Å². The van der Waals surface area contributed by atoms with Gasteiger partial charge in [-0.05, 0) is 65.0 Å². The van der Waals surface area contributed by atoms with Crippen molar-refractivity contribution in [1.29, 1.82) is 0 Å². The summed E-state index contributed by atoms with van der Waals surface area (Å²) in [6.45, 7) is -0.275. The largest absolute Gasteiger partial charge is 0.487 e. The van der Waals surface area contributed by atoms with Gasteiger partial charge in [0.1, 0.15) is 24.2 Å². The number of alkyl halides is 6. The molecule has 0 saturated carbocycles. The van der Waals surface area contributed by atoms with Crippen LogP contribution in [0.1, 0.15) is 32.6 Å². The van der Waals surface area contributed by atoms with E-state index in [2.05, 4.69) is 5.32 Å². The first-order valence-corrected chi connectivity index (χ1v) is 11.9. The van der Waals surface area contributed by atoms with Crippen molar-refractivity contribution in [3.8, 4) is 5.75 Å². The third kappa shape index (κ3) is 7.13. The molecule has 0 fully saturated rings. The molecule has 214 valence electrons. The Labute approximate surface area is 228 Å². The average molecular weight is 579 g/mol. The van der Waals surface area contributed by atoms with Crippen molar-refractivity contribution in [2.45, 2.75) is 31.4 Å². The zero-order valence-electron chi connectivity index (χ0n) is 20.8. The molecule has 0 aliphatic rings. The number of nitrogens with one attached hydrogen (secondary N) is 1. The number of carbonyl (C=O) groups is 2. The Morgan fingerprint density at radius 1 is 0.780 bits per heavy atom. The third-order valence-electron chi connectivity index (χ3n) is 6.17. The number of carboxylic acids is 1. The molecule has 0 aliphatic carbocycles. The van der Waals surface area contributed by atoms with Crippen molar-refractivity contribution >= 4 is 22.6 Å². The molecule has 1 atom stereocenters. The number of hydrogen-bond donors (Lipinski definition) is 2. The molecule has 0 aromatic heterocycles. The number of ether oxygens (including phenoxy) is 1. The summed E-state index contributed by atoms with van der Waals surface area (Å²) >= 11 is 0. The zero-order chi connectivity index (χ0) is 29.9. The summed E-state index contributed by atoms with van der Waals surface area (Å²) in [6, 6.07) is 12.7. The Kier molecular flexibility index (Phi) is 8.22. The van der Waals surface area contributed by atoms with E-state index >= 15 is 0 Å². The lowest BCUT2D eigenvalue weighted by atomic mass is 10.0. The van der Waals surface area contributed by atoms with Crippen LogP contribution >= 0.6 is 0 Å². The van der Waals surface area contributed by atoms with E-state index in [1.165, 1.54) is 36.4 Å². The minimum absolute atomic E-state index is 0.0708. The summed E-state index contributed by atoms with van der Waals surface area (Å²) in [6.07, 6.45) is -9.44. The summed E-state index contributed by atoms with van der Waals surface area (Å²) in [5, 5.41) is 12.6. The van der Waals surface area contributed by atoms with E-state index in [0.717, 1.165) is 42.5 Å². The molecule has 41 heavy (non-hydrogen) atoms. The van der Waals surface area contributed by atoms with Crippen molar-refractivity contribution in [2.24, 2.45) is 0 Å². The number of hydrogen-bond acceptors (Lipinski definition) is 3. The number of aliphatic carboxylic acids is 1. The predicted molar refractivity (Wildman–Crippen MR) is 134 cm³/mol. The number of halogens is 7. The van der Waals surface area contributed by atoms with Crippen LogP contribution in [0.15, 0.2) is 78.9 Å². The zero-order valence-corrected chi connectivity index (χ0v) is 20.8. The van der Waals surface area contributed by atoms with Gasteiger partial charge in [-0.3, -0.25) is 4.79 Å². The fraction of sp³-hybridized carbons (Fsp3) is 0.172. The normalized spacial score (nSPS) is 12.7. The number of rotatable bonds is 8. The van der Waals surface area contributed by atoms with Crippen LogP contribution in [0.25, 0.3) is 10.8 Å². The number of carbonyl (C=O) groups excluding carboxylic acids is 1. The van der Waals surface area contributed by atoms with Gasteiger partial charge in [0.15, 0.2) is 0 Å². The van der Waals surface area contributed by atoms with Gasteiger partial charge in [-0.2, -0.15) is 26.3 Å². The van der Waals surface area contributed by atoms with Gasteiger partial charge in [0.2, 0.25) is 0 Å². The molecule has 1 unspecified atom stereocenters. The lowest BCUT2D eigenvalue weighted by Crippen LogP contribution is -2.42. The van der Waals surface area contributed by atoms with Gasteiger partial charge in [0.05, 0.1) is 16.7 Å². The van der Waals surface area contributed by atoms with Gasteiger partial charge in [-0.25, -0.2) is 9.18 Å². The highest BCUT2D eigenvalue weighted by molar-refractivity contribution is 6.05. The third-order valence-corrected chi connectivity index (χ3v) is 6.17. The van der Waals surface area contributed by atoms with Gasteiger partial charge in [-0.15, -0.1) is 0 Å². The fourth-order valence-electron chi connectivity index (χ4n) is 4.05. The molecular formula is C29H20F7NO4. The Morgan fingerprint density at radius 2 is 1.34 bits per heavy atom. The molecule has 0 radical (unpaired) electrons. The van der Waals surface area contributed by atoms with E-state index in [4.69, 9.17) is 4.74 Å². The van der Waals surface area contributed by atoms with Crippen LogP contribution in [0.2, 0.25) is 0 Å². The van der Waals surface area contributed by atoms with Gasteiger partial charge < -0.3 is 15.2 Å². The lowest BCUT2D eigenvalue weighted by Gasteiger charge is -2.18. The highest BCUT2D eigenvalue weighted by Crippen LogP contribution is 2.33. The van der Waals surface area contributed by atoms with Crippen LogP contribution in [-0.4, -0.2) is 23.0 Å². The summed E-state index contributed by atoms with van der Waals surface area (Å²) in [5.74, 6) is -3.00. The van der Waals surface area contributed by atoms with Gasteiger partial charge in [-0.1, -0.05) is 30.3 Å². The average Bonchev–Trinajstić information content (AvgIpc) is 2.90. The first-order valence-electron chi connectivity index (χ1n) is 11.9. The van der Waals surface area contributed by atoms with Crippen LogP contribution in [0.5, 0.6) is 5.75 Å². The first kappa shape index (κ1) is 29.4. The molecule has 4 aromatic carbocycles. The predicted octanol–water partition coefficient (Wildman–Crippen LogP) is 7.02. The monoisotopic (exact) mass is 579 g/mol. The van der Waals surface area contributed by atoms with E-state index in [1.807, 2.05) is 0 Å². The molecular weight excluding hydrogens is 559 g/mol. The van der Waals surface area contributed by atoms with Gasteiger partial charge in [0, 0.05) is 11.8 Å². The SMILES string of the molecule is O=C(NC(Cc1ccc(C(F)(F)F)cc1)C(=O)O)c1ccc2cc(F)ccc2c1OCc1ccc(C(F)(F)F)cc1. The minimum atomic E-state index is -4.57. The second kappa shape index (κ2) is 11.5. The molecule has 0 bridgehead atoms. The van der Waals surface area contributed by atoms with Crippen molar-refractivity contribution in [2.75, 3.05) is 0 Å². The maximum atomic E-state index is 13.8. The van der Waals surface area contributed by atoms with Crippen LogP contribution < -0.4 is 10.1 Å². The van der Waals surface area contributed by atoms with Crippen LogP contribution in [-0.2, 0) is 30.2 Å². The van der Waals surface area contributed by atoms with E-state index in [-0.39, 0.29) is 35.3 Å². The Hall–Kier alpha value is -4.61. The van der Waals surface area contributed by atoms with E-state index in [1.54, 1.807) is 0 Å². The van der Waals surface area contributed by atoms with E-state index in [9.17, 15) is 45.4 Å². The Bertz CT molecular complexity index is 1560. The second-order valence-electron chi connectivity index (χ2n) is 9.05. The van der Waals surface area contributed by atoms with E-state index in [0.29, 0.717) is 10.9 Å². The molecule has 12 heteroatoms. The molecule has 0 saturated heterocycles. The summed E-state index contributed by atoms with van der Waals surface area (Å²) < 4.78 is 96.9. The Morgan fingerprint density at radius 3 is 1.88 bits per heavy atom. The molecule has 0 heterocycles. The number of carboxylic acid groups (broad SMARTS) is 1. The molecule has 4 rings (SSSR count). The van der Waals surface area contributed by atoms with Crippen LogP contribution in [0.3, 0.4) is 0 Å². The van der Waals surface area contributed by atoms with Crippen LogP contribution in [0.4, 0.5) is 30.7 Å². The molecule has 4 aromatic rings. The van der Waals surface area contributed by atoms with Crippen LogP contribution in [0, 0.1) is 5.82 Å². The van der Waals surface area contributed by atoms with Crippen molar-refractivity contribution in [3.63, 3.8) is 0 Å². The second-order valence-corrected chi connectivity index (χ2v) is 9.05. The molecule has 2 N–H and O–H groups in total. The van der Waals surface area contributed by atoms with Gasteiger partial charge in [0.25, 0.3) is 5.91 Å². The summed E-state index contributed by atoms with van der Waals surface area (Å²) in [5.41, 5.74) is -1.38. The smallest absolute Gasteiger partial charge is 0.416 e. The standard InChI is InChI=1S/C29H20F7NO4/c30-21-10-12-22-18(14-21)5-11-23(25(22)41-15-17-3-8-20(9-4-17)29(34,35)36)26(38)37-24(27(39)40)13-16-1-6-19(7-2-16)28(31,32)33/h1-12,14,24H,13,15H2,(H,37,38)(H,39,40). The van der Waals surface area contributed by atoms with E-state index < -0.39 is 47.2 Å². The van der Waals surface area contributed by atoms with Crippen molar-refractivity contribution in [3.05, 3.63) is 112 Å². The molecule has 1 amide bonds. The molecule has 0 spiro atoms.